The van der Waals surface area contributed by atoms with Crippen molar-refractivity contribution in [2.45, 2.75) is 13.8 Å². The Hall–Kier alpha value is -1.54. The predicted molar refractivity (Wildman–Crippen MR) is 68.6 cm³/mol. The van der Waals surface area contributed by atoms with Gasteiger partial charge in [-0.2, -0.15) is 0 Å². The van der Waals surface area contributed by atoms with Gasteiger partial charge < -0.3 is 5.73 Å². The summed E-state index contributed by atoms with van der Waals surface area (Å²) in [5.74, 6) is 0.573. The van der Waals surface area contributed by atoms with Gasteiger partial charge in [0.2, 0.25) is 0 Å². The lowest BCUT2D eigenvalue weighted by Crippen LogP contribution is -1.94. The van der Waals surface area contributed by atoms with Crippen LogP contribution in [0.4, 0.5) is 5.82 Å². The summed E-state index contributed by atoms with van der Waals surface area (Å²) < 4.78 is 0. The van der Waals surface area contributed by atoms with Gasteiger partial charge in [-0.25, -0.2) is 4.98 Å². The average Bonchev–Trinajstić information content (AvgIpc) is 2.26. The van der Waals surface area contributed by atoms with Crippen molar-refractivity contribution < 1.29 is 0 Å². The van der Waals surface area contributed by atoms with E-state index in [2.05, 4.69) is 4.98 Å². The molecule has 0 amide bonds. The number of hydrogen-bond acceptors (Lipinski definition) is 2. The van der Waals surface area contributed by atoms with Crippen molar-refractivity contribution in [3.8, 4) is 11.1 Å². The molecular weight excluding hydrogens is 220 g/mol. The van der Waals surface area contributed by atoms with E-state index in [-0.39, 0.29) is 0 Å². The van der Waals surface area contributed by atoms with Crippen molar-refractivity contribution >= 4 is 17.4 Å². The van der Waals surface area contributed by atoms with E-state index in [1.807, 2.05) is 38.1 Å². The Kier molecular flexibility index (Phi) is 2.84. The molecule has 2 nitrogen and oxygen atoms in total. The second-order valence-corrected chi connectivity index (χ2v) is 4.25. The van der Waals surface area contributed by atoms with Gasteiger partial charge in [0.25, 0.3) is 0 Å². The molecule has 0 aliphatic heterocycles. The van der Waals surface area contributed by atoms with E-state index in [1.165, 1.54) is 0 Å². The summed E-state index contributed by atoms with van der Waals surface area (Å²) in [7, 11) is 0. The monoisotopic (exact) mass is 232 g/mol. The molecule has 2 rings (SSSR count). The van der Waals surface area contributed by atoms with Crippen LogP contribution >= 0.6 is 11.6 Å². The van der Waals surface area contributed by atoms with Crippen molar-refractivity contribution in [2.24, 2.45) is 0 Å². The average molecular weight is 233 g/mol. The highest BCUT2D eigenvalue weighted by atomic mass is 35.5. The van der Waals surface area contributed by atoms with E-state index >= 15 is 0 Å². The number of nitrogen functional groups attached to an aromatic ring is 1. The molecule has 0 fully saturated rings. The number of aryl methyl sites for hydroxylation is 1. The lowest BCUT2D eigenvalue weighted by Gasteiger charge is -2.08. The Morgan fingerprint density at radius 1 is 1.25 bits per heavy atom. The van der Waals surface area contributed by atoms with Crippen LogP contribution in [0.1, 0.15) is 11.1 Å². The minimum Gasteiger partial charge on any atom is -0.383 e. The van der Waals surface area contributed by atoms with Gasteiger partial charge in [0.15, 0.2) is 0 Å². The third-order valence-corrected chi connectivity index (χ3v) is 3.11. The molecule has 0 unspecified atom stereocenters. The molecule has 0 aliphatic carbocycles. The smallest absolute Gasteiger partial charge is 0.126 e. The van der Waals surface area contributed by atoms with Crippen LogP contribution in [0.2, 0.25) is 5.02 Å². The summed E-state index contributed by atoms with van der Waals surface area (Å²) >= 11 is 6.09. The molecule has 3 heteroatoms. The van der Waals surface area contributed by atoms with Gasteiger partial charge in [0, 0.05) is 16.8 Å². The molecule has 1 aromatic heterocycles. The third kappa shape index (κ3) is 1.89. The number of anilines is 1. The van der Waals surface area contributed by atoms with Crippen LogP contribution in [0.3, 0.4) is 0 Å². The van der Waals surface area contributed by atoms with E-state index in [0.29, 0.717) is 5.82 Å². The highest BCUT2D eigenvalue weighted by molar-refractivity contribution is 6.31. The number of halogens is 1. The van der Waals surface area contributed by atoms with E-state index in [4.69, 9.17) is 17.3 Å². The third-order valence-electron chi connectivity index (χ3n) is 2.70. The number of nitrogens with two attached hydrogens (primary N) is 1. The zero-order valence-electron chi connectivity index (χ0n) is 9.29. The Bertz CT molecular complexity index is 535. The molecule has 16 heavy (non-hydrogen) atoms. The number of aromatic nitrogens is 1. The first kappa shape index (κ1) is 11.0. The molecule has 1 heterocycles. The summed E-state index contributed by atoms with van der Waals surface area (Å²) in [5, 5.41) is 0.770. The second kappa shape index (κ2) is 4.14. The Balaban J connectivity index is 2.59. The van der Waals surface area contributed by atoms with Gasteiger partial charge in [-0.05, 0) is 42.7 Å². The molecule has 1 aromatic carbocycles. The van der Waals surface area contributed by atoms with Gasteiger partial charge in [-0.3, -0.25) is 0 Å². The van der Waals surface area contributed by atoms with Gasteiger partial charge in [0.1, 0.15) is 5.82 Å². The fourth-order valence-corrected chi connectivity index (χ4v) is 1.83. The maximum atomic E-state index is 6.09. The summed E-state index contributed by atoms with van der Waals surface area (Å²) in [6.45, 7) is 3.95. The van der Waals surface area contributed by atoms with E-state index < -0.39 is 0 Å². The molecule has 0 spiro atoms. The van der Waals surface area contributed by atoms with E-state index in [9.17, 15) is 0 Å². The Labute approximate surface area is 100 Å². The summed E-state index contributed by atoms with van der Waals surface area (Å²) in [6.07, 6.45) is 1.78. The highest BCUT2D eigenvalue weighted by Crippen LogP contribution is 2.28. The number of benzene rings is 1. The molecule has 0 radical (unpaired) electrons. The van der Waals surface area contributed by atoms with Crippen LogP contribution in [0.15, 0.2) is 30.5 Å². The first-order chi connectivity index (χ1) is 7.59. The second-order valence-electron chi connectivity index (χ2n) is 3.84. The van der Waals surface area contributed by atoms with Crippen molar-refractivity contribution in [1.82, 2.24) is 4.98 Å². The Morgan fingerprint density at radius 3 is 2.69 bits per heavy atom. The zero-order valence-corrected chi connectivity index (χ0v) is 10.0. The Morgan fingerprint density at radius 2 is 2.00 bits per heavy atom. The number of nitrogens with zero attached hydrogens (tertiary/aromatic N) is 1. The molecule has 2 aromatic rings. The van der Waals surface area contributed by atoms with Crippen LogP contribution in [0.25, 0.3) is 11.1 Å². The molecule has 82 valence electrons. The van der Waals surface area contributed by atoms with Crippen molar-refractivity contribution in [3.63, 3.8) is 0 Å². The normalized spacial score (nSPS) is 10.4. The zero-order chi connectivity index (χ0) is 11.7. The highest BCUT2D eigenvalue weighted by Gasteiger charge is 2.06. The van der Waals surface area contributed by atoms with Crippen LogP contribution in [-0.2, 0) is 0 Å². The molecule has 2 N–H and O–H groups in total. The largest absolute Gasteiger partial charge is 0.383 e. The molecule has 0 atom stereocenters. The summed E-state index contributed by atoms with van der Waals surface area (Å²) in [5.41, 5.74) is 9.89. The lowest BCUT2D eigenvalue weighted by molar-refractivity contribution is 1.27. The predicted octanol–water partition coefficient (Wildman–Crippen LogP) is 3.60. The molecular formula is C13H13ClN2. The van der Waals surface area contributed by atoms with Crippen molar-refractivity contribution in [2.75, 3.05) is 5.73 Å². The molecule has 0 saturated heterocycles. The topological polar surface area (TPSA) is 38.9 Å². The maximum absolute atomic E-state index is 6.09. The number of pyridine rings is 1. The minimum atomic E-state index is 0.573. The number of rotatable bonds is 1. The SMILES string of the molecule is Cc1cc(-c2cccc(Cl)c2C)cnc1N. The van der Waals surface area contributed by atoms with Gasteiger partial charge in [0.05, 0.1) is 0 Å². The minimum absolute atomic E-state index is 0.573. The fourth-order valence-electron chi connectivity index (χ4n) is 1.65. The summed E-state index contributed by atoms with van der Waals surface area (Å²) in [4.78, 5) is 4.16. The van der Waals surface area contributed by atoms with E-state index in [1.54, 1.807) is 6.20 Å². The van der Waals surface area contributed by atoms with Crippen LogP contribution in [-0.4, -0.2) is 4.98 Å². The first-order valence-corrected chi connectivity index (χ1v) is 5.45. The number of hydrogen-bond donors (Lipinski definition) is 1. The fraction of sp³-hybridized carbons (Fsp3) is 0.154. The molecule has 0 bridgehead atoms. The van der Waals surface area contributed by atoms with Gasteiger partial charge in [-0.15, -0.1) is 0 Å². The quantitative estimate of drug-likeness (QED) is 0.816. The van der Waals surface area contributed by atoms with Gasteiger partial charge in [-0.1, -0.05) is 23.7 Å². The van der Waals surface area contributed by atoms with Crippen molar-refractivity contribution in [3.05, 3.63) is 46.6 Å². The van der Waals surface area contributed by atoms with Gasteiger partial charge >= 0.3 is 0 Å². The van der Waals surface area contributed by atoms with Crippen molar-refractivity contribution in [1.29, 1.82) is 0 Å². The van der Waals surface area contributed by atoms with E-state index in [0.717, 1.165) is 27.3 Å². The van der Waals surface area contributed by atoms with Crippen LogP contribution in [0, 0.1) is 13.8 Å². The van der Waals surface area contributed by atoms with Crippen LogP contribution in [0.5, 0.6) is 0 Å². The maximum Gasteiger partial charge on any atom is 0.126 e. The van der Waals surface area contributed by atoms with Crippen LogP contribution < -0.4 is 5.73 Å². The summed E-state index contributed by atoms with van der Waals surface area (Å²) in [6, 6.07) is 7.89. The molecule has 0 saturated carbocycles. The molecule has 0 aliphatic rings. The standard InChI is InChI=1S/C13H13ClN2/c1-8-6-10(7-16-13(8)15)11-4-3-5-12(14)9(11)2/h3-7H,1-2H3,(H2,15,16). The lowest BCUT2D eigenvalue weighted by atomic mass is 10.0. The first-order valence-electron chi connectivity index (χ1n) is 5.07.